The molecule has 3 aromatic rings. The molecule has 0 saturated carbocycles. The van der Waals surface area contributed by atoms with Gasteiger partial charge in [-0.15, -0.1) is 0 Å². The fourth-order valence-electron chi connectivity index (χ4n) is 2.05. The van der Waals surface area contributed by atoms with Crippen LogP contribution in [0.15, 0.2) is 47.0 Å². The van der Waals surface area contributed by atoms with Gasteiger partial charge in [0.2, 0.25) is 0 Å². The van der Waals surface area contributed by atoms with Gasteiger partial charge in [-0.25, -0.2) is 0 Å². The lowest BCUT2D eigenvalue weighted by atomic mass is 10.1. The van der Waals surface area contributed by atoms with Crippen molar-refractivity contribution in [3.8, 4) is 17.2 Å². The number of hydrogen-bond acceptors (Lipinski definition) is 4. The summed E-state index contributed by atoms with van der Waals surface area (Å²) < 4.78 is 5.24. The van der Waals surface area contributed by atoms with Gasteiger partial charge in [0.15, 0.2) is 5.82 Å². The SMILES string of the molecule is Cc1cccc(-c2nc(Cc3ccc(Cl)cc3)no2)c1O. The molecular weight excluding hydrogens is 288 g/mol. The van der Waals surface area contributed by atoms with Gasteiger partial charge in [-0.1, -0.05) is 41.0 Å². The maximum absolute atomic E-state index is 10.0. The van der Waals surface area contributed by atoms with Crippen LogP contribution >= 0.6 is 11.6 Å². The highest BCUT2D eigenvalue weighted by Crippen LogP contribution is 2.30. The van der Waals surface area contributed by atoms with Crippen LogP contribution in [0.1, 0.15) is 17.0 Å². The van der Waals surface area contributed by atoms with E-state index in [2.05, 4.69) is 10.1 Å². The Bertz CT molecular complexity index is 766. The second-order valence-electron chi connectivity index (χ2n) is 4.79. The largest absolute Gasteiger partial charge is 0.507 e. The summed E-state index contributed by atoms with van der Waals surface area (Å²) in [5.41, 5.74) is 2.36. The zero-order chi connectivity index (χ0) is 14.8. The summed E-state index contributed by atoms with van der Waals surface area (Å²) in [6.45, 7) is 1.82. The second-order valence-corrected chi connectivity index (χ2v) is 5.23. The van der Waals surface area contributed by atoms with E-state index in [0.29, 0.717) is 28.7 Å². The fraction of sp³-hybridized carbons (Fsp3) is 0.125. The van der Waals surface area contributed by atoms with Crippen LogP contribution in [0.2, 0.25) is 5.02 Å². The van der Waals surface area contributed by atoms with Crippen LogP contribution in [-0.4, -0.2) is 15.2 Å². The highest BCUT2D eigenvalue weighted by molar-refractivity contribution is 6.30. The molecule has 1 N–H and O–H groups in total. The van der Waals surface area contributed by atoms with Crippen LogP contribution in [0, 0.1) is 6.92 Å². The molecule has 1 aromatic heterocycles. The summed E-state index contributed by atoms with van der Waals surface area (Å²) >= 11 is 5.85. The average Bonchev–Trinajstić information content (AvgIpc) is 2.93. The highest BCUT2D eigenvalue weighted by atomic mass is 35.5. The summed E-state index contributed by atoms with van der Waals surface area (Å²) in [7, 11) is 0. The van der Waals surface area contributed by atoms with E-state index in [9.17, 15) is 5.11 Å². The summed E-state index contributed by atoms with van der Waals surface area (Å²) in [6, 6.07) is 12.9. The van der Waals surface area contributed by atoms with E-state index >= 15 is 0 Å². The zero-order valence-corrected chi connectivity index (χ0v) is 12.1. The maximum atomic E-state index is 10.0. The van der Waals surface area contributed by atoms with Crippen molar-refractivity contribution in [2.75, 3.05) is 0 Å². The van der Waals surface area contributed by atoms with Crippen LogP contribution in [-0.2, 0) is 6.42 Å². The second kappa shape index (κ2) is 5.58. The molecule has 0 unspecified atom stereocenters. The molecule has 0 aliphatic heterocycles. The number of aromatic nitrogens is 2. The van der Waals surface area contributed by atoms with Gasteiger partial charge in [0, 0.05) is 11.4 Å². The maximum Gasteiger partial charge on any atom is 0.261 e. The molecule has 106 valence electrons. The molecule has 0 saturated heterocycles. The molecule has 1 heterocycles. The third-order valence-corrected chi connectivity index (χ3v) is 3.46. The number of nitrogens with zero attached hydrogens (tertiary/aromatic N) is 2. The van der Waals surface area contributed by atoms with E-state index in [1.165, 1.54) is 0 Å². The van der Waals surface area contributed by atoms with E-state index in [0.717, 1.165) is 11.1 Å². The lowest BCUT2D eigenvalue weighted by Gasteiger charge is -2.01. The molecule has 3 rings (SSSR count). The van der Waals surface area contributed by atoms with Crippen LogP contribution in [0.3, 0.4) is 0 Å². The van der Waals surface area contributed by atoms with Crippen molar-refractivity contribution in [2.45, 2.75) is 13.3 Å². The molecule has 0 aliphatic rings. The van der Waals surface area contributed by atoms with Gasteiger partial charge in [-0.3, -0.25) is 0 Å². The third kappa shape index (κ3) is 2.90. The van der Waals surface area contributed by atoms with Crippen molar-refractivity contribution in [3.63, 3.8) is 0 Å². The van der Waals surface area contributed by atoms with Crippen LogP contribution < -0.4 is 0 Å². The number of aryl methyl sites for hydroxylation is 1. The normalized spacial score (nSPS) is 10.8. The van der Waals surface area contributed by atoms with Crippen LogP contribution in [0.25, 0.3) is 11.5 Å². The minimum absolute atomic E-state index is 0.166. The first kappa shape index (κ1) is 13.6. The molecule has 21 heavy (non-hydrogen) atoms. The number of phenols is 1. The minimum Gasteiger partial charge on any atom is -0.507 e. The van der Waals surface area contributed by atoms with Crippen molar-refractivity contribution >= 4 is 11.6 Å². The Hall–Kier alpha value is -2.33. The molecule has 0 amide bonds. The third-order valence-electron chi connectivity index (χ3n) is 3.21. The molecule has 0 radical (unpaired) electrons. The fourth-order valence-corrected chi connectivity index (χ4v) is 2.18. The van der Waals surface area contributed by atoms with Crippen molar-refractivity contribution in [1.82, 2.24) is 10.1 Å². The minimum atomic E-state index is 0.166. The number of halogens is 1. The summed E-state index contributed by atoms with van der Waals surface area (Å²) in [6.07, 6.45) is 0.549. The predicted octanol–water partition coefficient (Wildman–Crippen LogP) is 3.99. The van der Waals surface area contributed by atoms with Crippen LogP contribution in [0.5, 0.6) is 5.75 Å². The molecular formula is C16H13ClN2O2. The van der Waals surface area contributed by atoms with E-state index in [1.807, 2.05) is 43.3 Å². The summed E-state index contributed by atoms with van der Waals surface area (Å²) in [5.74, 6) is 1.05. The Kier molecular flexibility index (Phi) is 3.62. The molecule has 5 heteroatoms. The number of para-hydroxylation sites is 1. The predicted molar refractivity (Wildman–Crippen MR) is 80.4 cm³/mol. The number of phenolic OH excluding ortho intramolecular Hbond substituents is 1. The van der Waals surface area contributed by atoms with Gasteiger partial charge < -0.3 is 9.63 Å². The topological polar surface area (TPSA) is 59.2 Å². The molecule has 2 aromatic carbocycles. The quantitative estimate of drug-likeness (QED) is 0.794. The first-order valence-electron chi connectivity index (χ1n) is 6.49. The van der Waals surface area contributed by atoms with Gasteiger partial charge >= 0.3 is 0 Å². The average molecular weight is 301 g/mol. The zero-order valence-electron chi connectivity index (χ0n) is 11.4. The number of aromatic hydroxyl groups is 1. The van der Waals surface area contributed by atoms with Crippen molar-refractivity contribution in [2.24, 2.45) is 0 Å². The van der Waals surface area contributed by atoms with Gasteiger partial charge in [-0.2, -0.15) is 4.98 Å². The Labute approximate surface area is 127 Å². The highest BCUT2D eigenvalue weighted by Gasteiger charge is 2.14. The van der Waals surface area contributed by atoms with E-state index in [1.54, 1.807) is 6.07 Å². The lowest BCUT2D eigenvalue weighted by Crippen LogP contribution is -1.90. The van der Waals surface area contributed by atoms with Gasteiger partial charge in [0.05, 0.1) is 5.56 Å². The molecule has 0 bridgehead atoms. The first-order chi connectivity index (χ1) is 10.1. The van der Waals surface area contributed by atoms with E-state index in [4.69, 9.17) is 16.1 Å². The van der Waals surface area contributed by atoms with E-state index in [-0.39, 0.29) is 5.75 Å². The standard InChI is InChI=1S/C16H13ClN2O2/c1-10-3-2-4-13(15(10)20)16-18-14(19-21-16)9-11-5-7-12(17)8-6-11/h2-8,20H,9H2,1H3. The van der Waals surface area contributed by atoms with Crippen LogP contribution in [0.4, 0.5) is 0 Å². The monoisotopic (exact) mass is 300 g/mol. The molecule has 0 fully saturated rings. The molecule has 0 aliphatic carbocycles. The molecule has 0 spiro atoms. The van der Waals surface area contributed by atoms with Gasteiger partial charge in [0.25, 0.3) is 5.89 Å². The Morgan fingerprint density at radius 2 is 1.90 bits per heavy atom. The molecule has 4 nitrogen and oxygen atoms in total. The van der Waals surface area contributed by atoms with Gasteiger partial charge in [-0.05, 0) is 36.2 Å². The van der Waals surface area contributed by atoms with E-state index < -0.39 is 0 Å². The van der Waals surface area contributed by atoms with Gasteiger partial charge in [0.1, 0.15) is 5.75 Å². The smallest absolute Gasteiger partial charge is 0.261 e. The number of rotatable bonds is 3. The Morgan fingerprint density at radius 3 is 2.67 bits per heavy atom. The first-order valence-corrected chi connectivity index (χ1v) is 6.87. The van der Waals surface area contributed by atoms with Crippen molar-refractivity contribution < 1.29 is 9.63 Å². The number of benzene rings is 2. The number of hydrogen-bond donors (Lipinski definition) is 1. The molecule has 0 atom stereocenters. The Morgan fingerprint density at radius 1 is 1.14 bits per heavy atom. The van der Waals surface area contributed by atoms with Crippen molar-refractivity contribution in [1.29, 1.82) is 0 Å². The van der Waals surface area contributed by atoms with Crippen molar-refractivity contribution in [3.05, 3.63) is 64.4 Å². The lowest BCUT2D eigenvalue weighted by molar-refractivity contribution is 0.418. The summed E-state index contributed by atoms with van der Waals surface area (Å²) in [5, 5.41) is 14.7. The summed E-state index contributed by atoms with van der Waals surface area (Å²) in [4.78, 5) is 4.33. The Balaban J connectivity index is 1.86.